The van der Waals surface area contributed by atoms with Gasteiger partial charge in [-0.05, 0) is 24.3 Å². The Morgan fingerprint density at radius 2 is 1.33 bits per heavy atom. The predicted octanol–water partition coefficient (Wildman–Crippen LogP) is -1.48. The summed E-state index contributed by atoms with van der Waals surface area (Å²) in [6.07, 6.45) is -4.76. The lowest BCUT2D eigenvalue weighted by molar-refractivity contribution is -0.132. The summed E-state index contributed by atoms with van der Waals surface area (Å²) in [5, 5.41) is 52.2. The van der Waals surface area contributed by atoms with Crippen molar-refractivity contribution in [1.29, 1.82) is 0 Å². The van der Waals surface area contributed by atoms with Crippen LogP contribution < -0.4 is 0 Å². The summed E-state index contributed by atoms with van der Waals surface area (Å²) in [6, 6.07) is 5.70. The molecule has 18 heavy (non-hydrogen) atoms. The third kappa shape index (κ3) is 3.83. The number of benzene rings is 1. The third-order valence-electron chi connectivity index (χ3n) is 2.37. The highest BCUT2D eigenvalue weighted by molar-refractivity contribution is 5.28. The predicted molar refractivity (Wildman–Crippen MR) is 59.8 cm³/mol. The molecule has 102 valence electrons. The van der Waals surface area contributed by atoms with E-state index in [2.05, 4.69) is 4.74 Å². The van der Waals surface area contributed by atoms with Crippen LogP contribution >= 0.6 is 0 Å². The van der Waals surface area contributed by atoms with Crippen molar-refractivity contribution in [2.45, 2.75) is 24.6 Å². The fraction of sp³-hybridized carbons (Fsp3) is 0.455. The number of hydrogen-bond donors (Lipinski definition) is 6. The Morgan fingerprint density at radius 1 is 0.889 bits per heavy atom. The molecule has 0 radical (unpaired) electrons. The highest BCUT2D eigenvalue weighted by atomic mass is 16.6. The quantitative estimate of drug-likeness (QED) is 0.339. The SMILES string of the molecule is OC[C@H]1O[C@@H](O)[C@H](O)[C@@H]1O.Oc1ccc(O)cc1. The van der Waals surface area contributed by atoms with Gasteiger partial charge in [-0.2, -0.15) is 0 Å². The Kier molecular flexibility index (Phi) is 5.32. The second-order valence-electron chi connectivity index (χ2n) is 3.75. The number of phenols is 2. The Balaban J connectivity index is 0.000000184. The molecular weight excluding hydrogens is 244 g/mol. The molecule has 1 heterocycles. The number of aliphatic hydroxyl groups excluding tert-OH is 4. The molecule has 0 aromatic heterocycles. The average Bonchev–Trinajstić information content (AvgIpc) is 2.61. The lowest BCUT2D eigenvalue weighted by Gasteiger charge is -2.09. The lowest BCUT2D eigenvalue weighted by atomic mass is 10.1. The highest BCUT2D eigenvalue weighted by Crippen LogP contribution is 2.18. The van der Waals surface area contributed by atoms with Gasteiger partial charge in [0, 0.05) is 0 Å². The second kappa shape index (κ2) is 6.53. The van der Waals surface area contributed by atoms with Gasteiger partial charge in [0.15, 0.2) is 6.29 Å². The van der Waals surface area contributed by atoms with Crippen LogP contribution in [0, 0.1) is 0 Å². The van der Waals surface area contributed by atoms with Crippen molar-refractivity contribution in [1.82, 2.24) is 0 Å². The largest absolute Gasteiger partial charge is 0.508 e. The monoisotopic (exact) mass is 260 g/mol. The molecule has 1 aliphatic rings. The zero-order valence-corrected chi connectivity index (χ0v) is 9.42. The van der Waals surface area contributed by atoms with Gasteiger partial charge in [0.25, 0.3) is 0 Å². The van der Waals surface area contributed by atoms with Gasteiger partial charge in [-0.1, -0.05) is 0 Å². The minimum Gasteiger partial charge on any atom is -0.508 e. The Hall–Kier alpha value is -1.38. The maximum atomic E-state index is 8.93. The van der Waals surface area contributed by atoms with E-state index in [9.17, 15) is 0 Å². The molecule has 1 saturated heterocycles. The molecule has 1 aromatic rings. The van der Waals surface area contributed by atoms with E-state index >= 15 is 0 Å². The minimum atomic E-state index is -1.38. The van der Waals surface area contributed by atoms with Crippen molar-refractivity contribution >= 4 is 0 Å². The number of aromatic hydroxyl groups is 2. The first-order valence-electron chi connectivity index (χ1n) is 5.24. The molecule has 0 amide bonds. The molecular formula is C11H16O7. The molecule has 7 nitrogen and oxygen atoms in total. The van der Waals surface area contributed by atoms with E-state index in [1.165, 1.54) is 24.3 Å². The van der Waals surface area contributed by atoms with Crippen LogP contribution in [-0.4, -0.2) is 61.8 Å². The van der Waals surface area contributed by atoms with Crippen molar-refractivity contribution in [3.05, 3.63) is 24.3 Å². The normalized spacial score (nSPS) is 30.7. The maximum Gasteiger partial charge on any atom is 0.184 e. The summed E-state index contributed by atoms with van der Waals surface area (Å²) < 4.78 is 4.54. The van der Waals surface area contributed by atoms with Crippen LogP contribution in [0.3, 0.4) is 0 Å². The van der Waals surface area contributed by atoms with E-state index in [1.807, 2.05) is 0 Å². The van der Waals surface area contributed by atoms with Crippen molar-refractivity contribution in [2.75, 3.05) is 6.61 Å². The number of aliphatic hydroxyl groups is 4. The van der Waals surface area contributed by atoms with Crippen molar-refractivity contribution in [3.8, 4) is 11.5 Å². The lowest BCUT2D eigenvalue weighted by Crippen LogP contribution is -2.33. The zero-order valence-electron chi connectivity index (χ0n) is 9.42. The molecule has 1 aromatic carbocycles. The van der Waals surface area contributed by atoms with E-state index in [-0.39, 0.29) is 11.5 Å². The van der Waals surface area contributed by atoms with Crippen LogP contribution in [0.2, 0.25) is 0 Å². The molecule has 7 heteroatoms. The number of ether oxygens (including phenoxy) is 1. The molecule has 0 spiro atoms. The Bertz CT molecular complexity index is 332. The first kappa shape index (κ1) is 14.7. The molecule has 1 aliphatic heterocycles. The molecule has 4 atom stereocenters. The summed E-state index contributed by atoms with van der Waals surface area (Å²) in [7, 11) is 0. The van der Waals surface area contributed by atoms with Gasteiger partial charge in [0.2, 0.25) is 0 Å². The summed E-state index contributed by atoms with van der Waals surface area (Å²) in [5.41, 5.74) is 0. The summed E-state index contributed by atoms with van der Waals surface area (Å²) in [4.78, 5) is 0. The van der Waals surface area contributed by atoms with Gasteiger partial charge in [0.05, 0.1) is 6.61 Å². The van der Waals surface area contributed by atoms with Crippen LogP contribution in [0.15, 0.2) is 24.3 Å². The van der Waals surface area contributed by atoms with Crippen LogP contribution in [0.1, 0.15) is 0 Å². The van der Waals surface area contributed by atoms with E-state index in [0.29, 0.717) is 0 Å². The molecule has 0 unspecified atom stereocenters. The van der Waals surface area contributed by atoms with Crippen LogP contribution in [0.4, 0.5) is 0 Å². The van der Waals surface area contributed by atoms with Crippen molar-refractivity contribution < 1.29 is 35.4 Å². The Morgan fingerprint density at radius 3 is 1.56 bits per heavy atom. The van der Waals surface area contributed by atoms with Crippen LogP contribution in [-0.2, 0) is 4.74 Å². The van der Waals surface area contributed by atoms with Crippen molar-refractivity contribution in [2.24, 2.45) is 0 Å². The van der Waals surface area contributed by atoms with E-state index < -0.39 is 31.2 Å². The molecule has 0 bridgehead atoms. The first-order valence-corrected chi connectivity index (χ1v) is 5.24. The van der Waals surface area contributed by atoms with Gasteiger partial charge in [-0.15, -0.1) is 0 Å². The van der Waals surface area contributed by atoms with Gasteiger partial charge in [0.1, 0.15) is 29.8 Å². The van der Waals surface area contributed by atoms with E-state index in [1.54, 1.807) is 0 Å². The number of rotatable bonds is 1. The van der Waals surface area contributed by atoms with Crippen molar-refractivity contribution in [3.63, 3.8) is 0 Å². The van der Waals surface area contributed by atoms with E-state index in [4.69, 9.17) is 30.6 Å². The number of phenolic OH excluding ortho intramolecular Hbond substituents is 2. The third-order valence-corrected chi connectivity index (χ3v) is 2.37. The fourth-order valence-electron chi connectivity index (χ4n) is 1.33. The van der Waals surface area contributed by atoms with Crippen LogP contribution in [0.5, 0.6) is 11.5 Å². The summed E-state index contributed by atoms with van der Waals surface area (Å²) in [6.45, 7) is -0.407. The molecule has 0 saturated carbocycles. The smallest absolute Gasteiger partial charge is 0.184 e. The highest BCUT2D eigenvalue weighted by Gasteiger charge is 2.41. The van der Waals surface area contributed by atoms with E-state index in [0.717, 1.165) is 0 Å². The molecule has 2 rings (SSSR count). The summed E-state index contributed by atoms with van der Waals surface area (Å²) in [5.74, 6) is 0.339. The molecule has 6 N–H and O–H groups in total. The van der Waals surface area contributed by atoms with Crippen LogP contribution in [0.25, 0.3) is 0 Å². The topological polar surface area (TPSA) is 131 Å². The summed E-state index contributed by atoms with van der Waals surface area (Å²) >= 11 is 0. The Labute approximate surface area is 103 Å². The number of hydrogen-bond acceptors (Lipinski definition) is 7. The van der Waals surface area contributed by atoms with Gasteiger partial charge < -0.3 is 35.4 Å². The zero-order chi connectivity index (χ0) is 13.7. The second-order valence-corrected chi connectivity index (χ2v) is 3.75. The molecule has 1 fully saturated rings. The average molecular weight is 260 g/mol. The first-order chi connectivity index (χ1) is 8.45. The van der Waals surface area contributed by atoms with Gasteiger partial charge >= 0.3 is 0 Å². The molecule has 0 aliphatic carbocycles. The minimum absolute atomic E-state index is 0.169. The van der Waals surface area contributed by atoms with Gasteiger partial charge in [-0.3, -0.25) is 0 Å². The standard InChI is InChI=1S/C6H6O2.C5H10O5/c7-5-1-2-6(8)4-3-5;6-1-2-3(7)4(8)5(9)10-2/h1-4,7-8H;2-9H,1H2/t;2-,3-,4-,5-/m.1/s1. The fourth-order valence-corrected chi connectivity index (χ4v) is 1.33. The van der Waals surface area contributed by atoms with Gasteiger partial charge in [-0.25, -0.2) is 0 Å². The maximum absolute atomic E-state index is 8.93.